The Bertz CT molecular complexity index is 394. The molecule has 0 bridgehead atoms. The van der Waals surface area contributed by atoms with Gasteiger partial charge in [0.25, 0.3) is 0 Å². The van der Waals surface area contributed by atoms with Crippen molar-refractivity contribution in [2.75, 3.05) is 0 Å². The summed E-state index contributed by atoms with van der Waals surface area (Å²) < 4.78 is 47.1. The summed E-state index contributed by atoms with van der Waals surface area (Å²) in [7, 11) is -23.9. The van der Waals surface area contributed by atoms with Crippen molar-refractivity contribution in [3.05, 3.63) is 0 Å². The van der Waals surface area contributed by atoms with Crippen molar-refractivity contribution in [1.29, 1.82) is 0 Å². The summed E-state index contributed by atoms with van der Waals surface area (Å²) >= 11 is 0. The van der Waals surface area contributed by atoms with Gasteiger partial charge < -0.3 is 48.9 Å². The first-order valence-corrected chi connectivity index (χ1v) is 12.5. The SMILES string of the molecule is O=P(O)(O)P(=O)(O)O.O=P(O)(O)P(=O)(O)O.O=[PH](O)O.[NaH]. The van der Waals surface area contributed by atoms with Crippen molar-refractivity contribution in [2.24, 2.45) is 0 Å². The van der Waals surface area contributed by atoms with E-state index in [2.05, 4.69) is 0 Å². The van der Waals surface area contributed by atoms with E-state index in [4.69, 9.17) is 53.5 Å². The van der Waals surface area contributed by atoms with Gasteiger partial charge in [-0.05, 0) is 0 Å². The van der Waals surface area contributed by atoms with E-state index in [1.54, 1.807) is 0 Å². The van der Waals surface area contributed by atoms with Crippen molar-refractivity contribution in [3.63, 3.8) is 0 Å². The molecule has 0 saturated heterocycles. The van der Waals surface area contributed by atoms with Crippen molar-refractivity contribution < 1.29 is 71.8 Å². The summed E-state index contributed by atoms with van der Waals surface area (Å²) in [5.41, 5.74) is 0. The van der Waals surface area contributed by atoms with Crippen molar-refractivity contribution in [2.45, 2.75) is 0 Å². The van der Waals surface area contributed by atoms with Gasteiger partial charge in [-0.3, -0.25) is 4.57 Å². The fourth-order valence-electron chi connectivity index (χ4n) is 0. The first-order valence-electron chi connectivity index (χ1n) is 3.38. The minimum atomic E-state index is -5.18. The van der Waals surface area contributed by atoms with E-state index in [9.17, 15) is 18.3 Å². The molecule has 0 aliphatic heterocycles. The Hall–Kier alpha value is 1.75. The van der Waals surface area contributed by atoms with Gasteiger partial charge in [0.05, 0.1) is 0 Å². The molecular weight excluding hydrogens is 418 g/mol. The number of hydrogen-bond acceptors (Lipinski definition) is 5. The molecule has 0 aliphatic carbocycles. The number of hydrogen-bond donors (Lipinski definition) is 10. The monoisotopic (exact) mass is 430 g/mol. The zero-order valence-electron chi connectivity index (χ0n) is 8.80. The van der Waals surface area contributed by atoms with Gasteiger partial charge in [0, 0.05) is 0 Å². The van der Waals surface area contributed by atoms with Crippen LogP contribution in [0.3, 0.4) is 0 Å². The minimum absolute atomic E-state index is 0. The molecule has 0 unspecified atom stereocenters. The van der Waals surface area contributed by atoms with Crippen LogP contribution in [-0.4, -0.2) is 78.5 Å². The molecule has 0 spiro atoms. The van der Waals surface area contributed by atoms with Crippen LogP contribution in [0.4, 0.5) is 0 Å². The fraction of sp³-hybridized carbons (Fsp3) is 0. The maximum absolute atomic E-state index is 9.58. The summed E-state index contributed by atoms with van der Waals surface area (Å²) in [6.07, 6.45) is 0. The predicted molar refractivity (Wildman–Crippen MR) is 68.8 cm³/mol. The summed E-state index contributed by atoms with van der Waals surface area (Å²) in [4.78, 5) is 75.9. The van der Waals surface area contributed by atoms with Crippen LogP contribution in [0.1, 0.15) is 0 Å². The first kappa shape index (κ1) is 30.6. The van der Waals surface area contributed by atoms with E-state index in [1.807, 2.05) is 0 Å². The molecule has 0 heterocycles. The Balaban J connectivity index is -0.000000107. The van der Waals surface area contributed by atoms with Crippen LogP contribution >= 0.6 is 37.4 Å². The molecule has 21 heavy (non-hydrogen) atoms. The molecule has 0 fully saturated rings. The Kier molecular flexibility index (Phi) is 16.5. The van der Waals surface area contributed by atoms with Gasteiger partial charge in [0.2, 0.25) is 0 Å². The van der Waals surface area contributed by atoms with Crippen LogP contribution < -0.4 is 0 Å². The van der Waals surface area contributed by atoms with E-state index in [0.717, 1.165) is 0 Å². The molecule has 0 saturated carbocycles. The zero-order chi connectivity index (χ0) is 17.6. The van der Waals surface area contributed by atoms with Gasteiger partial charge in [0.1, 0.15) is 0 Å². The molecule has 0 aromatic rings. The maximum atomic E-state index is 9.58. The van der Waals surface area contributed by atoms with E-state index in [0.29, 0.717) is 0 Å². The van der Waals surface area contributed by atoms with E-state index in [-0.39, 0.29) is 29.6 Å². The topological polar surface area (TPSA) is 288 Å². The van der Waals surface area contributed by atoms with E-state index in [1.165, 1.54) is 0 Å². The molecule has 21 heteroatoms. The Labute approximate surface area is 138 Å². The average Bonchev–Trinajstić information content (AvgIpc) is 1.94. The quantitative estimate of drug-likeness (QED) is 0.157. The van der Waals surface area contributed by atoms with Crippen LogP contribution in [-0.2, 0) is 22.8 Å². The molecule has 0 aromatic carbocycles. The van der Waals surface area contributed by atoms with Crippen molar-refractivity contribution in [1.82, 2.24) is 0 Å². The zero-order valence-corrected chi connectivity index (χ0v) is 13.4. The molecule has 0 radical (unpaired) electrons. The molecular formula is H12NaO15P5. The van der Waals surface area contributed by atoms with Gasteiger partial charge in [-0.25, -0.2) is 18.3 Å². The molecule has 15 nitrogen and oxygen atoms in total. The van der Waals surface area contributed by atoms with Gasteiger partial charge in [-0.1, -0.05) is 0 Å². The second-order valence-electron chi connectivity index (χ2n) is 2.34. The molecule has 128 valence electrons. The van der Waals surface area contributed by atoms with Gasteiger partial charge in [-0.15, -0.1) is 0 Å². The standard InChI is InChI=1S/Na.2H4O6P2.H3O3P.H/c;2*1-7(2,3)8(4,5)6;1-4(2)3;/h;2*(H2,1,2,3)(H2,4,5,6);4H,(H2,1,2,3);. The molecule has 0 atom stereocenters. The van der Waals surface area contributed by atoms with Crippen LogP contribution in [0.5, 0.6) is 0 Å². The van der Waals surface area contributed by atoms with E-state index < -0.39 is 37.4 Å². The second-order valence-corrected chi connectivity index (χ2v) is 13.3. The van der Waals surface area contributed by atoms with Crippen molar-refractivity contribution in [3.8, 4) is 0 Å². The third kappa shape index (κ3) is 21.8. The predicted octanol–water partition coefficient (Wildman–Crippen LogP) is -2.77. The average molecular weight is 430 g/mol. The summed E-state index contributed by atoms with van der Waals surface area (Å²) in [6.45, 7) is 0. The summed E-state index contributed by atoms with van der Waals surface area (Å²) in [5.74, 6) is 0. The Morgan fingerprint density at radius 3 is 0.571 bits per heavy atom. The van der Waals surface area contributed by atoms with Gasteiger partial charge >= 0.3 is 66.9 Å². The van der Waals surface area contributed by atoms with E-state index >= 15 is 0 Å². The molecule has 0 aromatic heterocycles. The Morgan fingerprint density at radius 1 is 0.524 bits per heavy atom. The first-order chi connectivity index (χ1) is 8.23. The summed E-state index contributed by atoms with van der Waals surface area (Å²) in [6, 6.07) is 0. The Morgan fingerprint density at radius 2 is 0.571 bits per heavy atom. The normalized spacial score (nSPS) is 12.3. The fourth-order valence-corrected chi connectivity index (χ4v) is 0. The van der Waals surface area contributed by atoms with Crippen LogP contribution in [0.25, 0.3) is 0 Å². The van der Waals surface area contributed by atoms with Crippen molar-refractivity contribution >= 4 is 66.9 Å². The second kappa shape index (κ2) is 11.3. The number of rotatable bonds is 2. The summed E-state index contributed by atoms with van der Waals surface area (Å²) in [5, 5.41) is 0. The molecule has 0 aliphatic rings. The third-order valence-corrected chi connectivity index (χ3v) is 6.11. The molecule has 10 N–H and O–H groups in total. The molecule has 0 rings (SSSR count). The molecule has 0 amide bonds. The van der Waals surface area contributed by atoms with Crippen LogP contribution in [0, 0.1) is 0 Å². The van der Waals surface area contributed by atoms with Gasteiger partial charge in [-0.2, -0.15) is 0 Å². The van der Waals surface area contributed by atoms with Gasteiger partial charge in [0.15, 0.2) is 0 Å². The third-order valence-electron chi connectivity index (χ3n) is 0.679. The van der Waals surface area contributed by atoms with Crippen LogP contribution in [0.15, 0.2) is 0 Å². The van der Waals surface area contributed by atoms with Crippen LogP contribution in [0.2, 0.25) is 0 Å².